The molecule has 0 unspecified atom stereocenters. The van der Waals surface area contributed by atoms with Crippen molar-refractivity contribution in [3.05, 3.63) is 52.2 Å². The molecule has 0 saturated carbocycles. The standard InChI is InChI=1S/C17H20N2O2S/c1-3-19(12-16-5-4-10-22-16)17(21)11-14-6-8-15(9-7-14)18-13(2)20/h4-10H,3,11-12H2,1-2H3,(H,18,20). The number of nitrogens with one attached hydrogen (secondary N) is 1. The van der Waals surface area contributed by atoms with Crippen molar-refractivity contribution in [3.63, 3.8) is 0 Å². The summed E-state index contributed by atoms with van der Waals surface area (Å²) in [6, 6.07) is 11.4. The Morgan fingerprint density at radius 1 is 1.18 bits per heavy atom. The molecule has 1 aromatic heterocycles. The number of thiophene rings is 1. The predicted molar refractivity (Wildman–Crippen MR) is 89.9 cm³/mol. The van der Waals surface area contributed by atoms with Gasteiger partial charge in [-0.3, -0.25) is 9.59 Å². The highest BCUT2D eigenvalue weighted by Gasteiger charge is 2.13. The quantitative estimate of drug-likeness (QED) is 0.889. The summed E-state index contributed by atoms with van der Waals surface area (Å²) in [4.78, 5) is 26.4. The van der Waals surface area contributed by atoms with Crippen molar-refractivity contribution in [2.45, 2.75) is 26.8 Å². The Labute approximate surface area is 134 Å². The molecule has 0 spiro atoms. The molecule has 0 atom stereocenters. The fraction of sp³-hybridized carbons (Fsp3) is 0.294. The Kier molecular flexibility index (Phi) is 5.72. The van der Waals surface area contributed by atoms with E-state index in [9.17, 15) is 9.59 Å². The van der Waals surface area contributed by atoms with Crippen LogP contribution in [0, 0.1) is 0 Å². The number of benzene rings is 1. The van der Waals surface area contributed by atoms with Gasteiger partial charge in [-0.25, -0.2) is 0 Å². The van der Waals surface area contributed by atoms with E-state index in [4.69, 9.17) is 0 Å². The molecule has 0 saturated heterocycles. The molecule has 0 aliphatic carbocycles. The molecular weight excluding hydrogens is 296 g/mol. The number of carbonyl (C=O) groups excluding carboxylic acids is 2. The van der Waals surface area contributed by atoms with Crippen LogP contribution in [0.3, 0.4) is 0 Å². The minimum atomic E-state index is -0.100. The van der Waals surface area contributed by atoms with Gasteiger partial charge < -0.3 is 10.2 Å². The SMILES string of the molecule is CCN(Cc1cccs1)C(=O)Cc1ccc(NC(C)=O)cc1. The summed E-state index contributed by atoms with van der Waals surface area (Å²) in [5.41, 5.74) is 1.69. The van der Waals surface area contributed by atoms with E-state index in [1.54, 1.807) is 11.3 Å². The summed E-state index contributed by atoms with van der Waals surface area (Å²) in [6.07, 6.45) is 0.375. The first-order valence-electron chi connectivity index (χ1n) is 7.25. The van der Waals surface area contributed by atoms with Gasteiger partial charge in [-0.15, -0.1) is 11.3 Å². The average Bonchev–Trinajstić information content (AvgIpc) is 2.99. The van der Waals surface area contributed by atoms with E-state index in [1.165, 1.54) is 11.8 Å². The average molecular weight is 316 g/mol. The molecule has 0 bridgehead atoms. The van der Waals surface area contributed by atoms with Gasteiger partial charge in [0.1, 0.15) is 0 Å². The smallest absolute Gasteiger partial charge is 0.227 e. The van der Waals surface area contributed by atoms with Crippen LogP contribution in [-0.2, 0) is 22.6 Å². The van der Waals surface area contributed by atoms with Gasteiger partial charge in [0.25, 0.3) is 0 Å². The zero-order chi connectivity index (χ0) is 15.9. The molecule has 4 nitrogen and oxygen atoms in total. The van der Waals surface area contributed by atoms with Crippen LogP contribution in [0.4, 0.5) is 5.69 Å². The molecule has 0 fully saturated rings. The third-order valence-corrected chi connectivity index (χ3v) is 4.15. The van der Waals surface area contributed by atoms with E-state index in [0.29, 0.717) is 19.5 Å². The normalized spacial score (nSPS) is 10.3. The predicted octanol–water partition coefficient (Wildman–Crippen LogP) is 3.30. The van der Waals surface area contributed by atoms with Crippen LogP contribution >= 0.6 is 11.3 Å². The molecule has 1 N–H and O–H groups in total. The lowest BCUT2D eigenvalue weighted by Crippen LogP contribution is -2.31. The van der Waals surface area contributed by atoms with Crippen molar-refractivity contribution < 1.29 is 9.59 Å². The number of nitrogens with zero attached hydrogens (tertiary/aromatic N) is 1. The Bertz CT molecular complexity index is 621. The maximum atomic E-state index is 12.4. The third-order valence-electron chi connectivity index (χ3n) is 3.29. The number of likely N-dealkylation sites (N-methyl/N-ethyl adjacent to an activating group) is 1. The Morgan fingerprint density at radius 3 is 2.45 bits per heavy atom. The summed E-state index contributed by atoms with van der Waals surface area (Å²) < 4.78 is 0. The van der Waals surface area contributed by atoms with Crippen molar-refractivity contribution in [2.24, 2.45) is 0 Å². The summed E-state index contributed by atoms with van der Waals surface area (Å²) >= 11 is 1.66. The highest BCUT2D eigenvalue weighted by molar-refractivity contribution is 7.09. The number of hydrogen-bond donors (Lipinski definition) is 1. The number of anilines is 1. The molecule has 116 valence electrons. The minimum absolute atomic E-state index is 0.100. The first kappa shape index (κ1) is 16.2. The lowest BCUT2D eigenvalue weighted by atomic mass is 10.1. The molecule has 2 rings (SSSR count). The third kappa shape index (κ3) is 4.70. The van der Waals surface area contributed by atoms with Crippen LogP contribution in [0.25, 0.3) is 0 Å². The van der Waals surface area contributed by atoms with Crippen molar-refractivity contribution in [1.29, 1.82) is 0 Å². The molecule has 2 aromatic rings. The maximum absolute atomic E-state index is 12.4. The van der Waals surface area contributed by atoms with Crippen LogP contribution in [0.1, 0.15) is 24.3 Å². The second-order valence-electron chi connectivity index (χ2n) is 5.04. The van der Waals surface area contributed by atoms with Crippen molar-refractivity contribution in [1.82, 2.24) is 4.90 Å². The number of hydrogen-bond acceptors (Lipinski definition) is 3. The molecule has 0 radical (unpaired) electrons. The lowest BCUT2D eigenvalue weighted by Gasteiger charge is -2.20. The molecule has 1 aromatic carbocycles. The molecular formula is C17H20N2O2S. The first-order chi connectivity index (χ1) is 10.6. The fourth-order valence-electron chi connectivity index (χ4n) is 2.16. The molecule has 0 aliphatic heterocycles. The van der Waals surface area contributed by atoms with E-state index >= 15 is 0 Å². The number of carbonyl (C=O) groups is 2. The van der Waals surface area contributed by atoms with Gasteiger partial charge in [-0.2, -0.15) is 0 Å². The molecule has 2 amide bonds. The summed E-state index contributed by atoms with van der Waals surface area (Å²) in [5, 5.41) is 4.74. The van der Waals surface area contributed by atoms with Gasteiger partial charge >= 0.3 is 0 Å². The Hall–Kier alpha value is -2.14. The highest BCUT2D eigenvalue weighted by atomic mass is 32.1. The van der Waals surface area contributed by atoms with Gasteiger partial charge in [-0.1, -0.05) is 18.2 Å². The van der Waals surface area contributed by atoms with Crippen LogP contribution in [-0.4, -0.2) is 23.3 Å². The highest BCUT2D eigenvalue weighted by Crippen LogP contribution is 2.14. The topological polar surface area (TPSA) is 49.4 Å². The second kappa shape index (κ2) is 7.75. The van der Waals surface area contributed by atoms with Crippen LogP contribution in [0.15, 0.2) is 41.8 Å². The first-order valence-corrected chi connectivity index (χ1v) is 8.13. The Balaban J connectivity index is 1.96. The van der Waals surface area contributed by atoms with Gasteiger partial charge in [-0.05, 0) is 36.1 Å². The van der Waals surface area contributed by atoms with Crippen molar-refractivity contribution >= 4 is 28.8 Å². The minimum Gasteiger partial charge on any atom is -0.338 e. The van der Waals surface area contributed by atoms with E-state index in [2.05, 4.69) is 5.32 Å². The fourth-order valence-corrected chi connectivity index (χ4v) is 2.88. The van der Waals surface area contributed by atoms with E-state index in [0.717, 1.165) is 11.3 Å². The van der Waals surface area contributed by atoms with Crippen LogP contribution in [0.2, 0.25) is 0 Å². The van der Waals surface area contributed by atoms with Crippen molar-refractivity contribution in [3.8, 4) is 0 Å². The zero-order valence-electron chi connectivity index (χ0n) is 12.8. The Morgan fingerprint density at radius 2 is 1.91 bits per heavy atom. The van der Waals surface area contributed by atoms with E-state index < -0.39 is 0 Å². The largest absolute Gasteiger partial charge is 0.338 e. The molecule has 5 heteroatoms. The van der Waals surface area contributed by atoms with Crippen LogP contribution in [0.5, 0.6) is 0 Å². The van der Waals surface area contributed by atoms with E-state index in [-0.39, 0.29) is 11.8 Å². The second-order valence-corrected chi connectivity index (χ2v) is 6.07. The number of amides is 2. The van der Waals surface area contributed by atoms with Gasteiger partial charge in [0, 0.05) is 24.0 Å². The van der Waals surface area contributed by atoms with Gasteiger partial charge in [0.15, 0.2) is 0 Å². The maximum Gasteiger partial charge on any atom is 0.227 e. The van der Waals surface area contributed by atoms with Gasteiger partial charge in [0.2, 0.25) is 11.8 Å². The number of rotatable bonds is 6. The van der Waals surface area contributed by atoms with Crippen LogP contribution < -0.4 is 5.32 Å². The molecule has 1 heterocycles. The van der Waals surface area contributed by atoms with E-state index in [1.807, 2.05) is 53.6 Å². The monoisotopic (exact) mass is 316 g/mol. The zero-order valence-corrected chi connectivity index (χ0v) is 13.7. The molecule has 22 heavy (non-hydrogen) atoms. The molecule has 0 aliphatic rings. The summed E-state index contributed by atoms with van der Waals surface area (Å²) in [5.74, 6) is 0.0140. The summed E-state index contributed by atoms with van der Waals surface area (Å²) in [7, 11) is 0. The summed E-state index contributed by atoms with van der Waals surface area (Å²) in [6.45, 7) is 4.82. The van der Waals surface area contributed by atoms with Gasteiger partial charge in [0.05, 0.1) is 13.0 Å². The lowest BCUT2D eigenvalue weighted by molar-refractivity contribution is -0.130. The van der Waals surface area contributed by atoms with Crippen molar-refractivity contribution in [2.75, 3.05) is 11.9 Å².